The van der Waals surface area contributed by atoms with Gasteiger partial charge in [0.1, 0.15) is 23.2 Å². The lowest BCUT2D eigenvalue weighted by Crippen LogP contribution is -2.56. The number of aliphatic hydroxyl groups is 1. The van der Waals surface area contributed by atoms with Gasteiger partial charge in [0.05, 0.1) is 19.1 Å². The summed E-state index contributed by atoms with van der Waals surface area (Å²) in [5, 5.41) is 9.77. The number of carbonyl (C=O) groups excluding carboxylic acids is 3. The van der Waals surface area contributed by atoms with E-state index in [1.54, 1.807) is 4.90 Å². The Hall–Kier alpha value is -2.97. The quantitative estimate of drug-likeness (QED) is 0.510. The molecule has 2 saturated heterocycles. The van der Waals surface area contributed by atoms with Crippen molar-refractivity contribution in [3.05, 3.63) is 60.2 Å². The smallest absolute Gasteiger partial charge is 0.313 e. The third-order valence-corrected chi connectivity index (χ3v) is 7.77. The number of amides is 2. The highest BCUT2D eigenvalue weighted by molar-refractivity contribution is 5.99. The Morgan fingerprint density at radius 3 is 2.60 bits per heavy atom. The molecule has 1 unspecified atom stereocenters. The van der Waals surface area contributed by atoms with Gasteiger partial charge in [0, 0.05) is 19.6 Å². The second-order valence-corrected chi connectivity index (χ2v) is 9.70. The van der Waals surface area contributed by atoms with Crippen molar-refractivity contribution in [3.63, 3.8) is 0 Å². The molecule has 186 valence electrons. The van der Waals surface area contributed by atoms with Gasteiger partial charge in [0.2, 0.25) is 11.8 Å². The summed E-state index contributed by atoms with van der Waals surface area (Å²) >= 11 is 0. The van der Waals surface area contributed by atoms with Gasteiger partial charge in [-0.3, -0.25) is 14.4 Å². The molecular weight excluding hydrogens is 448 g/mol. The highest BCUT2D eigenvalue weighted by atomic mass is 16.6. The van der Waals surface area contributed by atoms with Crippen LogP contribution in [-0.4, -0.2) is 76.2 Å². The Morgan fingerprint density at radius 1 is 1.06 bits per heavy atom. The van der Waals surface area contributed by atoms with E-state index in [0.29, 0.717) is 25.9 Å². The van der Waals surface area contributed by atoms with E-state index in [-0.39, 0.29) is 31.6 Å². The summed E-state index contributed by atoms with van der Waals surface area (Å²) in [5.41, 5.74) is -1.40. The second kappa shape index (κ2) is 9.24. The fraction of sp³-hybridized carbons (Fsp3) is 0.519. The molecule has 4 aliphatic heterocycles. The monoisotopic (exact) mass is 480 g/mol. The van der Waals surface area contributed by atoms with Crippen LogP contribution in [0.5, 0.6) is 0 Å². The Balaban J connectivity index is 1.61. The van der Waals surface area contributed by atoms with Crippen molar-refractivity contribution in [1.82, 2.24) is 9.80 Å². The number of rotatable bonds is 5. The fourth-order valence-electron chi connectivity index (χ4n) is 6.21. The Kier molecular flexibility index (Phi) is 6.27. The number of benzene rings is 1. The van der Waals surface area contributed by atoms with E-state index in [0.717, 1.165) is 12.0 Å². The molecule has 0 radical (unpaired) electrons. The average Bonchev–Trinajstić information content (AvgIpc) is 3.24. The lowest BCUT2D eigenvalue weighted by molar-refractivity contribution is -0.161. The van der Waals surface area contributed by atoms with Crippen LogP contribution in [0.3, 0.4) is 0 Å². The minimum atomic E-state index is -1.32. The van der Waals surface area contributed by atoms with Crippen molar-refractivity contribution >= 4 is 17.8 Å². The summed E-state index contributed by atoms with van der Waals surface area (Å²) in [6.07, 6.45) is 9.47. The fourth-order valence-corrected chi connectivity index (χ4v) is 6.21. The number of esters is 1. The molecule has 0 bridgehead atoms. The summed E-state index contributed by atoms with van der Waals surface area (Å²) in [6, 6.07) is 8.69. The average molecular weight is 481 g/mol. The lowest BCUT2D eigenvalue weighted by atomic mass is 9.73. The van der Waals surface area contributed by atoms with Gasteiger partial charge in [-0.2, -0.15) is 0 Å². The molecule has 1 spiro atoms. The third-order valence-electron chi connectivity index (χ3n) is 7.77. The summed E-state index contributed by atoms with van der Waals surface area (Å²) < 4.78 is 12.4. The molecule has 1 N–H and O–H groups in total. The molecular formula is C27H32N2O6. The van der Waals surface area contributed by atoms with E-state index in [9.17, 15) is 19.5 Å². The van der Waals surface area contributed by atoms with E-state index in [4.69, 9.17) is 9.47 Å². The number of nitrogens with zero attached hydrogens (tertiary/aromatic N) is 2. The summed E-state index contributed by atoms with van der Waals surface area (Å²) in [5.74, 6) is -2.86. The van der Waals surface area contributed by atoms with Gasteiger partial charge in [0.25, 0.3) is 0 Å². The molecule has 35 heavy (non-hydrogen) atoms. The van der Waals surface area contributed by atoms with Crippen LogP contribution in [0.4, 0.5) is 0 Å². The zero-order valence-corrected chi connectivity index (χ0v) is 20.0. The van der Waals surface area contributed by atoms with Gasteiger partial charge >= 0.3 is 5.97 Å². The molecule has 2 fully saturated rings. The first-order valence-electron chi connectivity index (χ1n) is 12.4. The lowest BCUT2D eigenvalue weighted by Gasteiger charge is -2.38. The Morgan fingerprint density at radius 2 is 1.86 bits per heavy atom. The molecule has 8 heteroatoms. The molecule has 4 aliphatic rings. The minimum Gasteiger partial charge on any atom is -0.465 e. The number of hydrogen-bond donors (Lipinski definition) is 1. The van der Waals surface area contributed by atoms with Gasteiger partial charge in [0.15, 0.2) is 0 Å². The van der Waals surface area contributed by atoms with E-state index in [1.807, 2.05) is 61.6 Å². The van der Waals surface area contributed by atoms with Crippen LogP contribution >= 0.6 is 0 Å². The highest BCUT2D eigenvalue weighted by Crippen LogP contribution is 2.58. The van der Waals surface area contributed by atoms with Crippen LogP contribution in [0.25, 0.3) is 0 Å². The van der Waals surface area contributed by atoms with Crippen LogP contribution in [0.2, 0.25) is 0 Å². The number of aliphatic hydroxyl groups excluding tert-OH is 1. The van der Waals surface area contributed by atoms with Gasteiger partial charge in [-0.05, 0) is 24.8 Å². The first kappa shape index (κ1) is 23.8. The van der Waals surface area contributed by atoms with Crippen molar-refractivity contribution in [1.29, 1.82) is 0 Å². The van der Waals surface area contributed by atoms with Gasteiger partial charge in [-0.15, -0.1) is 0 Å². The molecule has 1 aromatic carbocycles. The molecule has 2 amide bonds. The highest BCUT2D eigenvalue weighted by Gasteiger charge is 2.75. The third kappa shape index (κ3) is 3.70. The molecule has 8 nitrogen and oxygen atoms in total. The molecule has 0 aromatic heterocycles. The molecule has 1 aromatic rings. The second-order valence-electron chi connectivity index (χ2n) is 9.70. The molecule has 5 atom stereocenters. The number of fused-ring (bicyclic) bond motifs is 2. The maximum Gasteiger partial charge on any atom is 0.313 e. The molecule has 0 aliphatic carbocycles. The standard InChI is InChI=1S/C27H32N2O6/c1-2-26-12-7-4-8-17-34-25(33)21(26)20-23(31)29(15-16-30)22-24(32)28(14-9-13-27(20,22)35-26)18-19-10-5-3-6-11-19/h3,5-7,9-13,20-22,30H,2,4,8,14-18H2,1H3/b12-7-/t20-,21+,22?,26-,27-/m0/s1. The Labute approximate surface area is 205 Å². The number of carbonyl (C=O) groups is 3. The Bertz CT molecular complexity index is 1060. The topological polar surface area (TPSA) is 96.4 Å². The van der Waals surface area contributed by atoms with Crippen molar-refractivity contribution in [2.75, 3.05) is 26.3 Å². The summed E-state index contributed by atoms with van der Waals surface area (Å²) in [4.78, 5) is 44.5. The van der Waals surface area contributed by atoms with Crippen molar-refractivity contribution < 1.29 is 29.0 Å². The first-order chi connectivity index (χ1) is 17.0. The molecule has 4 heterocycles. The number of β-amino-alcohol motifs (C(OH)–C–C–N with tert-alkyl or cyclic N) is 1. The zero-order chi connectivity index (χ0) is 24.6. The van der Waals surface area contributed by atoms with Crippen LogP contribution < -0.4 is 0 Å². The maximum absolute atomic E-state index is 14.1. The largest absolute Gasteiger partial charge is 0.465 e. The number of allylic oxidation sites excluding steroid dienone is 1. The van der Waals surface area contributed by atoms with Crippen molar-refractivity contribution in [2.24, 2.45) is 11.8 Å². The predicted molar refractivity (Wildman–Crippen MR) is 127 cm³/mol. The van der Waals surface area contributed by atoms with Gasteiger partial charge in [-0.25, -0.2) is 0 Å². The first-order valence-corrected chi connectivity index (χ1v) is 12.4. The van der Waals surface area contributed by atoms with Crippen LogP contribution in [-0.2, 0) is 30.4 Å². The van der Waals surface area contributed by atoms with E-state index >= 15 is 0 Å². The zero-order valence-electron chi connectivity index (χ0n) is 20.0. The SMILES string of the molecule is CC[C@]12/C=C\CCCOC(=O)[C@H]1[C@H]1C(=O)N(CCO)C3C(=O)N(Cc4ccccc4)CC=C[C@@]31O2. The normalized spacial score (nSPS) is 35.4. The molecule has 0 saturated carbocycles. The van der Waals surface area contributed by atoms with Gasteiger partial charge < -0.3 is 24.4 Å². The van der Waals surface area contributed by atoms with Crippen molar-refractivity contribution in [3.8, 4) is 0 Å². The molecule has 5 rings (SSSR count). The van der Waals surface area contributed by atoms with Crippen LogP contribution in [0.1, 0.15) is 31.7 Å². The maximum atomic E-state index is 14.1. The number of likely N-dealkylation sites (tertiary alicyclic amines) is 1. The van der Waals surface area contributed by atoms with Crippen molar-refractivity contribution in [2.45, 2.75) is 50.0 Å². The summed E-state index contributed by atoms with van der Waals surface area (Å²) in [6.45, 7) is 2.63. The minimum absolute atomic E-state index is 0.0133. The van der Waals surface area contributed by atoms with E-state index in [1.165, 1.54) is 4.90 Å². The van der Waals surface area contributed by atoms with Gasteiger partial charge in [-0.1, -0.05) is 61.6 Å². The van der Waals surface area contributed by atoms with E-state index in [2.05, 4.69) is 0 Å². The van der Waals surface area contributed by atoms with Crippen LogP contribution in [0.15, 0.2) is 54.6 Å². The number of cyclic esters (lactones) is 1. The number of hydrogen-bond acceptors (Lipinski definition) is 6. The van der Waals surface area contributed by atoms with E-state index < -0.39 is 35.0 Å². The predicted octanol–water partition coefficient (Wildman–Crippen LogP) is 1.83. The summed E-state index contributed by atoms with van der Waals surface area (Å²) in [7, 11) is 0. The number of ether oxygens (including phenoxy) is 2. The van der Waals surface area contributed by atoms with Crippen LogP contribution in [0, 0.1) is 11.8 Å².